The van der Waals surface area contributed by atoms with E-state index in [-0.39, 0.29) is 12.2 Å². The van der Waals surface area contributed by atoms with E-state index in [9.17, 15) is 9.36 Å². The lowest BCUT2D eigenvalue weighted by molar-refractivity contribution is -0.142. The van der Waals surface area contributed by atoms with Crippen LogP contribution in [-0.2, 0) is 15.8 Å². The highest BCUT2D eigenvalue weighted by Gasteiger charge is 2.28. The van der Waals surface area contributed by atoms with E-state index in [0.717, 1.165) is 0 Å². The largest absolute Gasteiger partial charge is 0.524 e. The van der Waals surface area contributed by atoms with Gasteiger partial charge in [-0.2, -0.15) is 0 Å². The van der Waals surface area contributed by atoms with Gasteiger partial charge in [-0.3, -0.25) is 14.6 Å². The number of phosphoric ester groups is 1. The number of carboxylic acid groups (broad SMARTS) is 1. The standard InChI is InChI=1S/C10H14NO6P/c1-10(11,9(12)13)6-7-2-4-8(5-3-7)17-18(14,15)16/h2-5H,6,11H2,1H3,(H,12,13)(H2,14,15,16)/t10-/m0/s1. The summed E-state index contributed by atoms with van der Waals surface area (Å²) in [7, 11) is -4.58. The predicted molar refractivity (Wildman–Crippen MR) is 63.0 cm³/mol. The maximum absolute atomic E-state index is 10.8. The molecule has 5 N–H and O–H groups in total. The Balaban J connectivity index is 2.78. The second-order valence-corrected chi connectivity index (χ2v) is 5.29. The number of carbonyl (C=O) groups is 1. The first-order chi connectivity index (χ1) is 8.10. The highest BCUT2D eigenvalue weighted by molar-refractivity contribution is 7.46. The van der Waals surface area contributed by atoms with Crippen molar-refractivity contribution in [3.63, 3.8) is 0 Å². The van der Waals surface area contributed by atoms with Gasteiger partial charge in [0.05, 0.1) is 0 Å². The fraction of sp³-hybridized carbons (Fsp3) is 0.300. The van der Waals surface area contributed by atoms with Crippen LogP contribution in [-0.4, -0.2) is 26.4 Å². The van der Waals surface area contributed by atoms with Gasteiger partial charge in [0, 0.05) is 6.42 Å². The van der Waals surface area contributed by atoms with Gasteiger partial charge in [0.1, 0.15) is 11.3 Å². The van der Waals surface area contributed by atoms with E-state index in [1.54, 1.807) is 0 Å². The Kier molecular flexibility index (Phi) is 4.13. The van der Waals surface area contributed by atoms with Crippen molar-refractivity contribution in [2.75, 3.05) is 0 Å². The van der Waals surface area contributed by atoms with Crippen LogP contribution < -0.4 is 10.3 Å². The predicted octanol–water partition coefficient (Wildman–Crippen LogP) is 0.503. The second-order valence-electron chi connectivity index (χ2n) is 4.13. The Hall–Kier alpha value is -1.40. The number of aliphatic carboxylic acids is 1. The Morgan fingerprint density at radius 3 is 2.28 bits per heavy atom. The average Bonchev–Trinajstić information content (AvgIpc) is 2.18. The monoisotopic (exact) mass is 275 g/mol. The molecule has 0 aromatic heterocycles. The number of carboxylic acids is 1. The first-order valence-electron chi connectivity index (χ1n) is 4.96. The molecule has 0 aliphatic heterocycles. The summed E-state index contributed by atoms with van der Waals surface area (Å²) in [6.45, 7) is 1.38. The Morgan fingerprint density at radius 1 is 1.39 bits per heavy atom. The van der Waals surface area contributed by atoms with Crippen LogP contribution in [0.25, 0.3) is 0 Å². The molecule has 0 spiro atoms. The van der Waals surface area contributed by atoms with Crippen LogP contribution in [0.5, 0.6) is 5.75 Å². The van der Waals surface area contributed by atoms with Gasteiger partial charge in [0.15, 0.2) is 0 Å². The molecule has 0 aliphatic carbocycles. The third kappa shape index (κ3) is 4.46. The minimum absolute atomic E-state index is 0.00105. The molecule has 18 heavy (non-hydrogen) atoms. The van der Waals surface area contributed by atoms with Gasteiger partial charge < -0.3 is 15.4 Å². The Labute approximate surface area is 103 Å². The van der Waals surface area contributed by atoms with E-state index in [1.807, 2.05) is 0 Å². The maximum Gasteiger partial charge on any atom is 0.524 e. The fourth-order valence-corrected chi connectivity index (χ4v) is 1.70. The first kappa shape index (κ1) is 14.7. The van der Waals surface area contributed by atoms with Crippen LogP contribution in [0.1, 0.15) is 12.5 Å². The maximum atomic E-state index is 10.8. The number of nitrogens with two attached hydrogens (primary N) is 1. The quantitative estimate of drug-likeness (QED) is 0.575. The summed E-state index contributed by atoms with van der Waals surface area (Å²) < 4.78 is 14.9. The summed E-state index contributed by atoms with van der Waals surface area (Å²) in [6.07, 6.45) is 0.0958. The van der Waals surface area contributed by atoms with Crippen molar-refractivity contribution in [3.05, 3.63) is 29.8 Å². The highest BCUT2D eigenvalue weighted by Crippen LogP contribution is 2.37. The number of phosphoric acid groups is 1. The summed E-state index contributed by atoms with van der Waals surface area (Å²) >= 11 is 0. The van der Waals surface area contributed by atoms with E-state index in [4.69, 9.17) is 20.6 Å². The zero-order chi connectivity index (χ0) is 14.0. The molecule has 0 fully saturated rings. The van der Waals surface area contributed by atoms with Gasteiger partial charge in [-0.05, 0) is 24.6 Å². The van der Waals surface area contributed by atoms with Gasteiger partial charge in [-0.15, -0.1) is 0 Å². The van der Waals surface area contributed by atoms with E-state index in [2.05, 4.69) is 4.52 Å². The van der Waals surface area contributed by atoms with Crippen LogP contribution in [0, 0.1) is 0 Å². The molecule has 0 amide bonds. The second kappa shape index (κ2) is 5.07. The molecule has 0 radical (unpaired) electrons. The van der Waals surface area contributed by atoms with Crippen molar-refractivity contribution in [1.29, 1.82) is 0 Å². The lowest BCUT2D eigenvalue weighted by atomic mass is 9.94. The lowest BCUT2D eigenvalue weighted by Gasteiger charge is -2.19. The molecular weight excluding hydrogens is 261 g/mol. The first-order valence-corrected chi connectivity index (χ1v) is 6.49. The summed E-state index contributed by atoms with van der Waals surface area (Å²) in [6, 6.07) is 5.68. The third-order valence-corrected chi connectivity index (χ3v) is 2.66. The Bertz CT molecular complexity index is 478. The van der Waals surface area contributed by atoms with Gasteiger partial charge in [0.25, 0.3) is 0 Å². The molecule has 7 nitrogen and oxygen atoms in total. The molecular formula is C10H14NO6P. The van der Waals surface area contributed by atoms with Crippen molar-refractivity contribution in [1.82, 2.24) is 0 Å². The molecule has 0 aliphatic rings. The molecule has 0 saturated heterocycles. The minimum atomic E-state index is -4.58. The van der Waals surface area contributed by atoms with Crippen molar-refractivity contribution < 1.29 is 28.8 Å². The molecule has 0 heterocycles. The smallest absolute Gasteiger partial charge is 0.480 e. The van der Waals surface area contributed by atoms with Gasteiger partial charge in [-0.1, -0.05) is 12.1 Å². The van der Waals surface area contributed by atoms with Crippen LogP contribution in [0.15, 0.2) is 24.3 Å². The molecule has 1 atom stereocenters. The molecule has 0 saturated carbocycles. The van der Waals surface area contributed by atoms with Crippen LogP contribution in [0.4, 0.5) is 0 Å². The number of hydrogen-bond acceptors (Lipinski definition) is 4. The zero-order valence-corrected chi connectivity index (χ0v) is 10.5. The van der Waals surface area contributed by atoms with Crippen LogP contribution in [0.3, 0.4) is 0 Å². The molecule has 1 aromatic carbocycles. The van der Waals surface area contributed by atoms with Crippen molar-refractivity contribution in [3.8, 4) is 5.75 Å². The van der Waals surface area contributed by atoms with Gasteiger partial charge >= 0.3 is 13.8 Å². The van der Waals surface area contributed by atoms with E-state index in [1.165, 1.54) is 31.2 Å². The third-order valence-electron chi connectivity index (χ3n) is 2.21. The van der Waals surface area contributed by atoms with E-state index in [0.29, 0.717) is 5.56 Å². The number of rotatable bonds is 5. The van der Waals surface area contributed by atoms with Gasteiger partial charge in [-0.25, -0.2) is 4.57 Å². The molecule has 1 aromatic rings. The summed E-state index contributed by atoms with van der Waals surface area (Å²) in [5.41, 5.74) is 4.80. The van der Waals surface area contributed by atoms with Crippen molar-refractivity contribution in [2.45, 2.75) is 18.9 Å². The topological polar surface area (TPSA) is 130 Å². The average molecular weight is 275 g/mol. The highest BCUT2D eigenvalue weighted by atomic mass is 31.2. The number of hydrogen-bond donors (Lipinski definition) is 4. The molecule has 0 unspecified atom stereocenters. The Morgan fingerprint density at radius 2 is 1.89 bits per heavy atom. The van der Waals surface area contributed by atoms with Crippen LogP contribution in [0.2, 0.25) is 0 Å². The molecule has 8 heteroatoms. The molecule has 0 bridgehead atoms. The van der Waals surface area contributed by atoms with E-state index >= 15 is 0 Å². The normalized spacial score (nSPS) is 14.9. The minimum Gasteiger partial charge on any atom is -0.480 e. The summed E-state index contributed by atoms with van der Waals surface area (Å²) in [4.78, 5) is 28.0. The summed E-state index contributed by atoms with van der Waals surface area (Å²) in [5, 5.41) is 8.86. The van der Waals surface area contributed by atoms with Crippen LogP contribution >= 0.6 is 7.82 Å². The number of benzene rings is 1. The van der Waals surface area contributed by atoms with Crippen molar-refractivity contribution >= 4 is 13.8 Å². The zero-order valence-electron chi connectivity index (χ0n) is 9.61. The summed E-state index contributed by atoms with van der Waals surface area (Å²) in [5.74, 6) is -1.13. The van der Waals surface area contributed by atoms with Crippen molar-refractivity contribution in [2.24, 2.45) is 5.73 Å². The molecule has 100 valence electrons. The SMILES string of the molecule is C[C@](N)(Cc1ccc(OP(=O)(O)O)cc1)C(=O)O. The van der Waals surface area contributed by atoms with E-state index < -0.39 is 19.3 Å². The molecule has 1 rings (SSSR count). The lowest BCUT2D eigenvalue weighted by Crippen LogP contribution is -2.46. The fourth-order valence-electron chi connectivity index (χ4n) is 1.31. The van der Waals surface area contributed by atoms with Gasteiger partial charge in [0.2, 0.25) is 0 Å².